The molecule has 0 bridgehead atoms. The van der Waals surface area contributed by atoms with E-state index in [0.29, 0.717) is 18.3 Å². The second kappa shape index (κ2) is 6.20. The molecule has 0 atom stereocenters. The van der Waals surface area contributed by atoms with Crippen LogP contribution in [0.15, 0.2) is 54.0 Å². The Morgan fingerprint density at radius 1 is 1.25 bits per heavy atom. The number of benzene rings is 1. The predicted molar refractivity (Wildman–Crippen MR) is 90.7 cm³/mol. The molecule has 1 fully saturated rings. The molecule has 0 N–H and O–H groups in total. The predicted octanol–water partition coefficient (Wildman–Crippen LogP) is 3.88. The van der Waals surface area contributed by atoms with Crippen LogP contribution in [0.3, 0.4) is 0 Å². The Bertz CT molecular complexity index is 838. The van der Waals surface area contributed by atoms with E-state index in [-0.39, 0.29) is 11.7 Å². The van der Waals surface area contributed by atoms with E-state index in [1.807, 2.05) is 22.4 Å². The van der Waals surface area contributed by atoms with Gasteiger partial charge in [-0.3, -0.25) is 4.79 Å². The van der Waals surface area contributed by atoms with Crippen LogP contribution in [0.2, 0.25) is 0 Å². The number of nitrogens with zero attached hydrogens (tertiary/aromatic N) is 3. The first-order chi connectivity index (χ1) is 11.7. The van der Waals surface area contributed by atoms with Crippen LogP contribution >= 0.6 is 11.3 Å². The summed E-state index contributed by atoms with van der Waals surface area (Å²) in [4.78, 5) is 15.9. The molecule has 0 radical (unpaired) electrons. The molecular formula is C18H16FN3OS. The number of hydrogen-bond donors (Lipinski definition) is 0. The first-order valence-corrected chi connectivity index (χ1v) is 8.73. The number of thiophene rings is 1. The SMILES string of the molecule is O=C(c1ccn(-c2ccc(F)cc2)n1)N(Cc1cccs1)C1CC1. The lowest BCUT2D eigenvalue weighted by atomic mass is 10.3. The lowest BCUT2D eigenvalue weighted by Crippen LogP contribution is -2.32. The summed E-state index contributed by atoms with van der Waals surface area (Å²) in [5.74, 6) is -0.343. The molecule has 1 aliphatic carbocycles. The number of rotatable bonds is 5. The summed E-state index contributed by atoms with van der Waals surface area (Å²) in [6.07, 6.45) is 3.84. The van der Waals surface area contributed by atoms with Crippen molar-refractivity contribution >= 4 is 17.2 Å². The molecule has 122 valence electrons. The van der Waals surface area contributed by atoms with E-state index in [1.165, 1.54) is 17.0 Å². The van der Waals surface area contributed by atoms with Gasteiger partial charge in [0.25, 0.3) is 5.91 Å². The summed E-state index contributed by atoms with van der Waals surface area (Å²) < 4.78 is 14.6. The van der Waals surface area contributed by atoms with Gasteiger partial charge in [0, 0.05) is 17.1 Å². The lowest BCUT2D eigenvalue weighted by Gasteiger charge is -2.20. The maximum atomic E-state index is 13.0. The highest BCUT2D eigenvalue weighted by atomic mass is 32.1. The molecule has 0 spiro atoms. The third-order valence-electron chi connectivity index (χ3n) is 4.05. The van der Waals surface area contributed by atoms with Crippen molar-refractivity contribution in [3.63, 3.8) is 0 Å². The zero-order valence-electron chi connectivity index (χ0n) is 12.9. The minimum Gasteiger partial charge on any atom is -0.329 e. The molecule has 1 amide bonds. The second-order valence-electron chi connectivity index (χ2n) is 5.87. The molecule has 2 aromatic heterocycles. The summed E-state index contributed by atoms with van der Waals surface area (Å²) in [6, 6.07) is 12.1. The zero-order valence-corrected chi connectivity index (χ0v) is 13.7. The highest BCUT2D eigenvalue weighted by molar-refractivity contribution is 7.09. The van der Waals surface area contributed by atoms with E-state index in [0.717, 1.165) is 18.5 Å². The molecule has 4 rings (SSSR count). The average Bonchev–Trinajstić information content (AvgIpc) is 3.10. The molecule has 1 saturated carbocycles. The molecule has 1 aliphatic rings. The van der Waals surface area contributed by atoms with Crippen LogP contribution in [0.5, 0.6) is 0 Å². The normalized spacial score (nSPS) is 13.9. The van der Waals surface area contributed by atoms with Crippen molar-refractivity contribution in [2.75, 3.05) is 0 Å². The Labute approximate surface area is 143 Å². The summed E-state index contributed by atoms with van der Waals surface area (Å²) in [5, 5.41) is 6.40. The van der Waals surface area contributed by atoms with Crippen molar-refractivity contribution in [3.8, 4) is 5.69 Å². The number of halogens is 1. The van der Waals surface area contributed by atoms with Gasteiger partial charge >= 0.3 is 0 Å². The van der Waals surface area contributed by atoms with Gasteiger partial charge in [-0.2, -0.15) is 5.10 Å². The molecule has 0 unspecified atom stereocenters. The monoisotopic (exact) mass is 341 g/mol. The lowest BCUT2D eigenvalue weighted by molar-refractivity contribution is 0.0725. The quantitative estimate of drug-likeness (QED) is 0.706. The van der Waals surface area contributed by atoms with Gasteiger partial charge < -0.3 is 4.90 Å². The van der Waals surface area contributed by atoms with Gasteiger partial charge in [-0.25, -0.2) is 9.07 Å². The molecule has 6 heteroatoms. The van der Waals surface area contributed by atoms with Gasteiger partial charge in [0.2, 0.25) is 0 Å². The van der Waals surface area contributed by atoms with Gasteiger partial charge in [-0.1, -0.05) is 6.07 Å². The summed E-state index contributed by atoms with van der Waals surface area (Å²) in [7, 11) is 0. The van der Waals surface area contributed by atoms with E-state index >= 15 is 0 Å². The fraction of sp³-hybridized carbons (Fsp3) is 0.222. The maximum absolute atomic E-state index is 13.0. The largest absolute Gasteiger partial charge is 0.329 e. The van der Waals surface area contributed by atoms with Crippen molar-refractivity contribution in [1.29, 1.82) is 0 Å². The van der Waals surface area contributed by atoms with Crippen molar-refractivity contribution in [3.05, 3.63) is 70.4 Å². The molecule has 24 heavy (non-hydrogen) atoms. The number of amides is 1. The minimum absolute atomic E-state index is 0.0493. The Morgan fingerprint density at radius 2 is 2.04 bits per heavy atom. The van der Waals surface area contributed by atoms with E-state index in [9.17, 15) is 9.18 Å². The van der Waals surface area contributed by atoms with Gasteiger partial charge in [-0.15, -0.1) is 11.3 Å². The summed E-state index contributed by atoms with van der Waals surface area (Å²) in [5.41, 5.74) is 1.15. The van der Waals surface area contributed by atoms with Crippen LogP contribution in [0.4, 0.5) is 4.39 Å². The van der Waals surface area contributed by atoms with E-state index in [4.69, 9.17) is 0 Å². The molecule has 3 aromatic rings. The Hall–Kier alpha value is -2.47. The smallest absolute Gasteiger partial charge is 0.274 e. The maximum Gasteiger partial charge on any atom is 0.274 e. The molecular weight excluding hydrogens is 325 g/mol. The first-order valence-electron chi connectivity index (χ1n) is 7.86. The Kier molecular flexibility index (Phi) is 3.90. The van der Waals surface area contributed by atoms with Gasteiger partial charge in [0.05, 0.1) is 12.2 Å². The van der Waals surface area contributed by atoms with Crippen LogP contribution in [0.1, 0.15) is 28.2 Å². The average molecular weight is 341 g/mol. The molecule has 2 heterocycles. The fourth-order valence-electron chi connectivity index (χ4n) is 2.65. The molecule has 0 aliphatic heterocycles. The van der Waals surface area contributed by atoms with E-state index in [2.05, 4.69) is 5.10 Å². The molecule has 0 saturated heterocycles. The number of aromatic nitrogens is 2. The van der Waals surface area contributed by atoms with Crippen molar-refractivity contribution < 1.29 is 9.18 Å². The molecule has 1 aromatic carbocycles. The minimum atomic E-state index is -0.293. The van der Waals surface area contributed by atoms with Crippen LogP contribution < -0.4 is 0 Å². The van der Waals surface area contributed by atoms with Gasteiger partial charge in [0.15, 0.2) is 5.69 Å². The number of carbonyl (C=O) groups is 1. The Morgan fingerprint density at radius 3 is 2.71 bits per heavy atom. The third kappa shape index (κ3) is 3.10. The summed E-state index contributed by atoms with van der Waals surface area (Å²) in [6.45, 7) is 0.630. The first kappa shape index (κ1) is 15.1. The van der Waals surface area contributed by atoms with E-state index in [1.54, 1.807) is 40.4 Å². The highest BCUT2D eigenvalue weighted by Gasteiger charge is 2.34. The van der Waals surface area contributed by atoms with Crippen molar-refractivity contribution in [1.82, 2.24) is 14.7 Å². The second-order valence-corrected chi connectivity index (χ2v) is 6.90. The van der Waals surface area contributed by atoms with Crippen molar-refractivity contribution in [2.45, 2.75) is 25.4 Å². The van der Waals surface area contributed by atoms with E-state index < -0.39 is 0 Å². The van der Waals surface area contributed by atoms with Gasteiger partial charge in [0.1, 0.15) is 5.82 Å². The number of carbonyl (C=O) groups excluding carboxylic acids is 1. The summed E-state index contributed by atoms with van der Waals surface area (Å²) >= 11 is 1.66. The van der Waals surface area contributed by atoms with Gasteiger partial charge in [-0.05, 0) is 54.6 Å². The number of hydrogen-bond acceptors (Lipinski definition) is 3. The zero-order chi connectivity index (χ0) is 16.5. The van der Waals surface area contributed by atoms with Crippen LogP contribution in [0.25, 0.3) is 5.69 Å². The van der Waals surface area contributed by atoms with Crippen molar-refractivity contribution in [2.24, 2.45) is 0 Å². The highest BCUT2D eigenvalue weighted by Crippen LogP contribution is 2.30. The van der Waals surface area contributed by atoms with Crippen LogP contribution in [-0.2, 0) is 6.54 Å². The topological polar surface area (TPSA) is 38.1 Å². The standard InChI is InChI=1S/C18H16FN3OS/c19-13-3-5-15(6-4-13)22-10-9-17(20-22)18(23)21(14-7-8-14)12-16-2-1-11-24-16/h1-6,9-11,14H,7-8,12H2. The Balaban J connectivity index is 1.56. The third-order valence-corrected chi connectivity index (χ3v) is 4.92. The van der Waals surface area contributed by atoms with Crippen LogP contribution in [0, 0.1) is 5.82 Å². The molecule has 4 nitrogen and oxygen atoms in total. The van der Waals surface area contributed by atoms with Crippen LogP contribution in [-0.4, -0.2) is 26.6 Å². The fourth-order valence-corrected chi connectivity index (χ4v) is 3.35.